The summed E-state index contributed by atoms with van der Waals surface area (Å²) in [5.74, 6) is -1.41. The number of aromatic amines is 1. The van der Waals surface area contributed by atoms with Crippen LogP contribution in [-0.4, -0.2) is 44.6 Å². The summed E-state index contributed by atoms with van der Waals surface area (Å²) in [5.41, 5.74) is 4.29. The molecule has 9 heteroatoms. The first-order valence-electron chi connectivity index (χ1n) is 11.1. The Hall–Kier alpha value is -2.42. The monoisotopic (exact) mass is 444 g/mol. The van der Waals surface area contributed by atoms with E-state index in [1.807, 2.05) is 4.90 Å². The van der Waals surface area contributed by atoms with Crippen molar-refractivity contribution in [2.45, 2.75) is 64.2 Å². The van der Waals surface area contributed by atoms with Crippen molar-refractivity contribution >= 4 is 17.2 Å². The van der Waals surface area contributed by atoms with E-state index in [0.29, 0.717) is 5.82 Å². The van der Waals surface area contributed by atoms with Gasteiger partial charge in [0.15, 0.2) is 0 Å². The Kier molecular flexibility index (Phi) is 5.45. The molecule has 6 nitrogen and oxygen atoms in total. The molecule has 4 heterocycles. The Morgan fingerprint density at radius 2 is 1.90 bits per heavy atom. The number of nitrogens with zero attached hydrogens (tertiary/aromatic N) is 5. The van der Waals surface area contributed by atoms with E-state index in [4.69, 9.17) is 4.98 Å². The van der Waals surface area contributed by atoms with E-state index in [2.05, 4.69) is 39.7 Å². The fourth-order valence-electron chi connectivity index (χ4n) is 4.63. The first kappa shape index (κ1) is 20.5. The number of tetrazole rings is 1. The lowest BCUT2D eigenvalue weighted by Crippen LogP contribution is -2.40. The van der Waals surface area contributed by atoms with Gasteiger partial charge in [-0.1, -0.05) is 13.3 Å². The third-order valence-corrected chi connectivity index (χ3v) is 7.57. The summed E-state index contributed by atoms with van der Waals surface area (Å²) >= 11 is 1.78. The second-order valence-corrected chi connectivity index (χ2v) is 9.54. The molecule has 3 aromatic heterocycles. The number of piperidine rings is 1. The SMILES string of the molecule is CCc1ccc(-c2c3c(nc(N4CCC(F)(F)CC4)c2-c2nn[nH]n2)CCCCC3)s1. The Balaban J connectivity index is 1.74. The van der Waals surface area contributed by atoms with E-state index in [1.165, 1.54) is 21.7 Å². The standard InChI is InChI=1S/C22H26F2N6S/c1-2-14-8-9-17(31-14)18-15-6-4-3-5-7-16(15)25-21(19(18)20-26-28-29-27-20)30-12-10-22(23,24)11-13-30/h8-9H,2-7,10-13H2,1H3,(H,26,27,28,29). The number of nitrogens with one attached hydrogen (secondary N) is 1. The quantitative estimate of drug-likeness (QED) is 0.570. The van der Waals surface area contributed by atoms with Crippen LogP contribution in [0.5, 0.6) is 0 Å². The fourth-order valence-corrected chi connectivity index (χ4v) is 5.66. The van der Waals surface area contributed by atoms with Crippen LogP contribution in [-0.2, 0) is 19.3 Å². The summed E-state index contributed by atoms with van der Waals surface area (Å²) in [6.45, 7) is 2.70. The minimum Gasteiger partial charge on any atom is -0.356 e. The molecular weight excluding hydrogens is 418 g/mol. The second kappa shape index (κ2) is 8.26. The van der Waals surface area contributed by atoms with Gasteiger partial charge in [0.05, 0.1) is 5.56 Å². The summed E-state index contributed by atoms with van der Waals surface area (Å²) < 4.78 is 27.8. The number of thiophene rings is 1. The van der Waals surface area contributed by atoms with Crippen LogP contribution in [0, 0.1) is 0 Å². The summed E-state index contributed by atoms with van der Waals surface area (Å²) in [4.78, 5) is 9.55. The van der Waals surface area contributed by atoms with Crippen LogP contribution in [0.1, 0.15) is 55.2 Å². The maximum Gasteiger partial charge on any atom is 0.251 e. The zero-order valence-electron chi connectivity index (χ0n) is 17.6. The highest BCUT2D eigenvalue weighted by molar-refractivity contribution is 7.15. The predicted octanol–water partition coefficient (Wildman–Crippen LogP) is 5.06. The number of aromatic nitrogens is 5. The second-order valence-electron chi connectivity index (χ2n) is 8.37. The van der Waals surface area contributed by atoms with E-state index in [-0.39, 0.29) is 25.9 Å². The number of anilines is 1. The van der Waals surface area contributed by atoms with Gasteiger partial charge in [-0.2, -0.15) is 5.21 Å². The Bertz CT molecular complexity index is 1050. The third kappa shape index (κ3) is 3.95. The van der Waals surface area contributed by atoms with Crippen molar-refractivity contribution in [2.75, 3.05) is 18.0 Å². The first-order valence-corrected chi connectivity index (χ1v) is 11.9. The average molecular weight is 445 g/mol. The first-order chi connectivity index (χ1) is 15.1. The number of fused-ring (bicyclic) bond motifs is 1. The van der Waals surface area contributed by atoms with Crippen LogP contribution in [0.15, 0.2) is 12.1 Å². The van der Waals surface area contributed by atoms with Crippen LogP contribution in [0.3, 0.4) is 0 Å². The molecule has 164 valence electrons. The number of H-pyrrole nitrogens is 1. The zero-order chi connectivity index (χ0) is 21.4. The predicted molar refractivity (Wildman–Crippen MR) is 118 cm³/mol. The number of halogens is 2. The van der Waals surface area contributed by atoms with Gasteiger partial charge in [0, 0.05) is 46.9 Å². The Morgan fingerprint density at radius 1 is 1.10 bits per heavy atom. The molecule has 0 atom stereocenters. The molecule has 2 aliphatic rings. The molecule has 1 fully saturated rings. The largest absolute Gasteiger partial charge is 0.356 e. The maximum absolute atomic E-state index is 13.9. The van der Waals surface area contributed by atoms with E-state index in [0.717, 1.165) is 54.7 Å². The van der Waals surface area contributed by atoms with Gasteiger partial charge in [-0.15, -0.1) is 21.5 Å². The molecule has 3 aromatic rings. The zero-order valence-corrected chi connectivity index (χ0v) is 18.4. The number of aryl methyl sites for hydroxylation is 2. The minimum absolute atomic E-state index is 0.161. The molecule has 0 amide bonds. The summed E-state index contributed by atoms with van der Waals surface area (Å²) in [6.07, 6.45) is 5.92. The molecule has 0 spiro atoms. The molecular formula is C22H26F2N6S. The smallest absolute Gasteiger partial charge is 0.251 e. The average Bonchev–Trinajstić information content (AvgIpc) is 3.40. The molecule has 0 aromatic carbocycles. The van der Waals surface area contributed by atoms with Gasteiger partial charge >= 0.3 is 0 Å². The van der Waals surface area contributed by atoms with Gasteiger partial charge < -0.3 is 4.90 Å². The molecule has 0 bridgehead atoms. The number of pyridine rings is 1. The lowest BCUT2D eigenvalue weighted by atomic mass is 9.94. The number of rotatable bonds is 4. The van der Waals surface area contributed by atoms with E-state index in [9.17, 15) is 8.78 Å². The van der Waals surface area contributed by atoms with Gasteiger partial charge in [0.1, 0.15) is 5.82 Å². The third-order valence-electron chi connectivity index (χ3n) is 6.32. The molecule has 1 aliphatic heterocycles. The van der Waals surface area contributed by atoms with Gasteiger partial charge in [0.2, 0.25) is 5.82 Å². The van der Waals surface area contributed by atoms with Crippen LogP contribution in [0.2, 0.25) is 0 Å². The number of hydrogen-bond donors (Lipinski definition) is 1. The summed E-state index contributed by atoms with van der Waals surface area (Å²) in [6, 6.07) is 4.34. The summed E-state index contributed by atoms with van der Waals surface area (Å²) in [7, 11) is 0. The normalized spacial score (nSPS) is 18.6. The van der Waals surface area contributed by atoms with Crippen LogP contribution in [0.4, 0.5) is 14.6 Å². The molecule has 31 heavy (non-hydrogen) atoms. The topological polar surface area (TPSA) is 70.6 Å². The van der Waals surface area contributed by atoms with Crippen molar-refractivity contribution < 1.29 is 8.78 Å². The maximum atomic E-state index is 13.9. The van der Waals surface area contributed by atoms with Gasteiger partial charge in [-0.3, -0.25) is 0 Å². The number of hydrogen-bond acceptors (Lipinski definition) is 6. The molecule has 1 N–H and O–H groups in total. The van der Waals surface area contributed by atoms with Crippen molar-refractivity contribution in [3.05, 3.63) is 28.3 Å². The Morgan fingerprint density at radius 3 is 2.61 bits per heavy atom. The molecule has 1 saturated heterocycles. The van der Waals surface area contributed by atoms with Crippen molar-refractivity contribution in [3.8, 4) is 21.8 Å². The molecule has 5 rings (SSSR count). The highest BCUT2D eigenvalue weighted by Crippen LogP contribution is 2.45. The lowest BCUT2D eigenvalue weighted by Gasteiger charge is -2.34. The van der Waals surface area contributed by atoms with Crippen molar-refractivity contribution in [3.63, 3.8) is 0 Å². The van der Waals surface area contributed by atoms with E-state index in [1.54, 1.807) is 11.3 Å². The highest BCUT2D eigenvalue weighted by Gasteiger charge is 2.37. The van der Waals surface area contributed by atoms with Crippen LogP contribution in [0.25, 0.3) is 21.8 Å². The summed E-state index contributed by atoms with van der Waals surface area (Å²) in [5, 5.41) is 15.0. The molecule has 1 aliphatic carbocycles. The van der Waals surface area contributed by atoms with Gasteiger partial charge in [-0.05, 0) is 55.0 Å². The van der Waals surface area contributed by atoms with Gasteiger partial charge in [-0.25, -0.2) is 13.8 Å². The van der Waals surface area contributed by atoms with Crippen molar-refractivity contribution in [1.82, 2.24) is 25.6 Å². The van der Waals surface area contributed by atoms with Crippen molar-refractivity contribution in [1.29, 1.82) is 0 Å². The fraction of sp³-hybridized carbons (Fsp3) is 0.545. The molecule has 0 saturated carbocycles. The number of alkyl halides is 2. The Labute approximate surface area is 184 Å². The van der Waals surface area contributed by atoms with Crippen LogP contribution >= 0.6 is 11.3 Å². The van der Waals surface area contributed by atoms with Crippen LogP contribution < -0.4 is 4.90 Å². The van der Waals surface area contributed by atoms with Gasteiger partial charge in [0.25, 0.3) is 5.92 Å². The molecule has 0 radical (unpaired) electrons. The van der Waals surface area contributed by atoms with E-state index >= 15 is 0 Å². The molecule has 0 unspecified atom stereocenters. The minimum atomic E-state index is -2.61. The van der Waals surface area contributed by atoms with E-state index < -0.39 is 5.92 Å². The lowest BCUT2D eigenvalue weighted by molar-refractivity contribution is -0.0221. The van der Waals surface area contributed by atoms with Crippen molar-refractivity contribution in [2.24, 2.45) is 0 Å². The highest BCUT2D eigenvalue weighted by atomic mass is 32.1.